The van der Waals surface area contributed by atoms with E-state index in [9.17, 15) is 39.4 Å². The molecule has 2 aliphatic rings. The largest absolute Gasteiger partial charge is 0.505 e. The summed E-state index contributed by atoms with van der Waals surface area (Å²) >= 11 is 0. The number of hydrogen-bond acceptors (Lipinski definition) is 7. The minimum absolute atomic E-state index is 0.101. The smallest absolute Gasteiger partial charge is 0.271 e. The third kappa shape index (κ3) is 5.91. The van der Waals surface area contributed by atoms with Gasteiger partial charge < -0.3 is 15.3 Å². The van der Waals surface area contributed by atoms with E-state index in [1.165, 1.54) is 36.4 Å². The van der Waals surface area contributed by atoms with Crippen LogP contribution in [0.15, 0.2) is 83.9 Å². The lowest BCUT2D eigenvalue weighted by Gasteiger charge is -2.36. The lowest BCUT2D eigenvalue weighted by molar-refractivity contribution is -0.384. The second-order valence-electron chi connectivity index (χ2n) is 11.1. The molecule has 0 bridgehead atoms. The number of nitro groups is 1. The number of carbonyl (C=O) groups excluding carboxylic acids is 2. The van der Waals surface area contributed by atoms with Gasteiger partial charge in [-0.3, -0.25) is 19.7 Å². The van der Waals surface area contributed by atoms with E-state index in [1.54, 1.807) is 12.1 Å². The summed E-state index contributed by atoms with van der Waals surface area (Å²) in [6.07, 6.45) is 2.07. The standard InChI is InChI=1S/C34H33FN2O7/c1-2-21-17-26-32(34(42)36(33(26)41)24-9-6-10-25(18-24)37(43)44)27(19-38)31(21)30(40)14-12-23(22-7-4-3-5-8-22)15-20-11-13-29(39)28(35)16-20/h3-11,13,15-16,18,26-27,30,32,38-40H,2,12,14,17,19H2,1H3/b23-15-/t26-,27+,30-,32-/m1/s1. The van der Waals surface area contributed by atoms with Crippen LogP contribution in [0.3, 0.4) is 0 Å². The molecule has 0 aromatic heterocycles. The second kappa shape index (κ2) is 12.9. The maximum absolute atomic E-state index is 14.1. The number of benzene rings is 3. The quantitative estimate of drug-likeness (QED) is 0.0898. The molecule has 5 rings (SSSR count). The number of aliphatic hydroxyl groups is 2. The number of nitrogens with zero attached hydrogens (tertiary/aromatic N) is 2. The van der Waals surface area contributed by atoms with E-state index in [4.69, 9.17) is 0 Å². The fraction of sp³-hybridized carbons (Fsp3) is 0.294. The first-order valence-corrected chi connectivity index (χ1v) is 14.5. The number of hydrogen-bond donors (Lipinski definition) is 3. The van der Waals surface area contributed by atoms with E-state index in [0.29, 0.717) is 24.0 Å². The van der Waals surface area contributed by atoms with Gasteiger partial charge in [0.15, 0.2) is 11.6 Å². The Kier molecular flexibility index (Phi) is 9.03. The zero-order valence-electron chi connectivity index (χ0n) is 24.1. The van der Waals surface area contributed by atoms with E-state index in [2.05, 4.69) is 0 Å². The van der Waals surface area contributed by atoms with Gasteiger partial charge in [-0.05, 0) is 66.2 Å². The number of carbonyl (C=O) groups is 2. The molecule has 44 heavy (non-hydrogen) atoms. The van der Waals surface area contributed by atoms with Crippen LogP contribution in [0.5, 0.6) is 5.75 Å². The summed E-state index contributed by atoms with van der Waals surface area (Å²) in [5.41, 5.74) is 3.40. The average Bonchev–Trinajstić information content (AvgIpc) is 3.28. The molecule has 228 valence electrons. The molecule has 0 saturated carbocycles. The van der Waals surface area contributed by atoms with Crippen LogP contribution in [-0.4, -0.2) is 44.8 Å². The van der Waals surface area contributed by atoms with Gasteiger partial charge in [0, 0.05) is 18.1 Å². The number of allylic oxidation sites excluding steroid dienone is 2. The fourth-order valence-electron chi connectivity index (χ4n) is 6.51. The number of halogens is 1. The lowest BCUT2D eigenvalue weighted by atomic mass is 9.67. The van der Waals surface area contributed by atoms with Crippen LogP contribution in [0.25, 0.3) is 11.6 Å². The summed E-state index contributed by atoms with van der Waals surface area (Å²) in [5, 5.41) is 43.1. The van der Waals surface area contributed by atoms with Gasteiger partial charge in [0.05, 0.1) is 35.2 Å². The Balaban J connectivity index is 1.43. The predicted octanol–water partition coefficient (Wildman–Crippen LogP) is 5.65. The summed E-state index contributed by atoms with van der Waals surface area (Å²) in [6.45, 7) is 1.43. The fourth-order valence-corrected chi connectivity index (χ4v) is 6.51. The Morgan fingerprint density at radius 1 is 1.09 bits per heavy atom. The molecule has 10 heteroatoms. The molecule has 4 atom stereocenters. The van der Waals surface area contributed by atoms with Crippen molar-refractivity contribution in [2.24, 2.45) is 17.8 Å². The van der Waals surface area contributed by atoms with Crippen molar-refractivity contribution in [1.29, 1.82) is 0 Å². The van der Waals surface area contributed by atoms with Gasteiger partial charge in [-0.2, -0.15) is 0 Å². The zero-order valence-corrected chi connectivity index (χ0v) is 24.1. The van der Waals surface area contributed by atoms with Gasteiger partial charge in [-0.15, -0.1) is 0 Å². The number of fused-ring (bicyclic) bond motifs is 1. The highest BCUT2D eigenvalue weighted by molar-refractivity contribution is 6.22. The van der Waals surface area contributed by atoms with Crippen molar-refractivity contribution in [2.75, 3.05) is 11.5 Å². The number of anilines is 1. The van der Waals surface area contributed by atoms with Gasteiger partial charge >= 0.3 is 0 Å². The van der Waals surface area contributed by atoms with E-state index >= 15 is 0 Å². The number of nitro benzene ring substituents is 1. The van der Waals surface area contributed by atoms with Crippen LogP contribution in [0.1, 0.15) is 43.7 Å². The van der Waals surface area contributed by atoms with Gasteiger partial charge in [-0.25, -0.2) is 9.29 Å². The molecule has 1 fully saturated rings. The topological polar surface area (TPSA) is 141 Å². The highest BCUT2D eigenvalue weighted by Crippen LogP contribution is 2.48. The molecule has 0 radical (unpaired) electrons. The molecule has 3 aromatic carbocycles. The number of amides is 2. The molecule has 0 spiro atoms. The number of non-ortho nitro benzene ring substituents is 1. The first-order chi connectivity index (χ1) is 21.1. The minimum Gasteiger partial charge on any atom is -0.505 e. The van der Waals surface area contributed by atoms with Crippen LogP contribution in [-0.2, 0) is 9.59 Å². The predicted molar refractivity (Wildman–Crippen MR) is 163 cm³/mol. The third-order valence-corrected chi connectivity index (χ3v) is 8.61. The third-order valence-electron chi connectivity index (χ3n) is 8.61. The summed E-state index contributed by atoms with van der Waals surface area (Å²) in [7, 11) is 0. The lowest BCUT2D eigenvalue weighted by Crippen LogP contribution is -2.39. The molecule has 2 amide bonds. The number of aliphatic hydroxyl groups excluding tert-OH is 2. The number of phenolic OH excluding ortho intramolecular Hbond substituents is 1. The van der Waals surface area contributed by atoms with Gasteiger partial charge in [-0.1, -0.05) is 61.0 Å². The normalized spacial score (nSPS) is 21.0. The summed E-state index contributed by atoms with van der Waals surface area (Å²) in [4.78, 5) is 39.0. The van der Waals surface area contributed by atoms with Crippen molar-refractivity contribution in [2.45, 2.75) is 38.7 Å². The first kappa shape index (κ1) is 30.8. The van der Waals surface area contributed by atoms with E-state index in [0.717, 1.165) is 21.6 Å². The van der Waals surface area contributed by atoms with Crippen LogP contribution >= 0.6 is 0 Å². The number of rotatable bonds is 10. The summed E-state index contributed by atoms with van der Waals surface area (Å²) < 4.78 is 14.1. The highest BCUT2D eigenvalue weighted by Gasteiger charge is 2.55. The van der Waals surface area contributed by atoms with Crippen molar-refractivity contribution in [1.82, 2.24) is 0 Å². The SMILES string of the molecule is CCC1=C([C@H](O)CC/C(=C/c2ccc(O)c(F)c2)c2ccccc2)[C@H](CO)[C@@H]2C(=O)N(c3cccc([N+](=O)[O-])c3)C(=O)[C@@H]2C1. The number of imide groups is 1. The maximum atomic E-state index is 14.1. The summed E-state index contributed by atoms with van der Waals surface area (Å²) in [6, 6.07) is 18.8. The molecular weight excluding hydrogens is 567 g/mol. The first-order valence-electron chi connectivity index (χ1n) is 14.5. The van der Waals surface area contributed by atoms with Gasteiger partial charge in [0.25, 0.3) is 5.69 Å². The van der Waals surface area contributed by atoms with E-state index in [-0.39, 0.29) is 24.2 Å². The molecule has 0 unspecified atom stereocenters. The van der Waals surface area contributed by atoms with Crippen LogP contribution in [0.4, 0.5) is 15.8 Å². The van der Waals surface area contributed by atoms with Crippen LogP contribution in [0.2, 0.25) is 0 Å². The molecule has 1 heterocycles. The Bertz CT molecular complexity index is 1650. The Labute approximate surface area is 253 Å². The van der Waals surface area contributed by atoms with E-state index < -0.39 is 58.8 Å². The van der Waals surface area contributed by atoms with Gasteiger partial charge in [0.2, 0.25) is 11.8 Å². The summed E-state index contributed by atoms with van der Waals surface area (Å²) in [5.74, 6) is -4.72. The monoisotopic (exact) mass is 600 g/mol. The Morgan fingerprint density at radius 2 is 1.84 bits per heavy atom. The molecule has 1 aliphatic carbocycles. The number of phenols is 1. The maximum Gasteiger partial charge on any atom is 0.271 e. The minimum atomic E-state index is -1.04. The molecule has 1 saturated heterocycles. The highest BCUT2D eigenvalue weighted by atomic mass is 19.1. The van der Waals surface area contributed by atoms with Crippen LogP contribution in [0, 0.1) is 33.7 Å². The molecule has 9 nitrogen and oxygen atoms in total. The van der Waals surface area contributed by atoms with Crippen molar-refractivity contribution < 1.29 is 34.2 Å². The van der Waals surface area contributed by atoms with Crippen molar-refractivity contribution >= 4 is 34.8 Å². The van der Waals surface area contributed by atoms with Crippen molar-refractivity contribution in [3.05, 3.63) is 111 Å². The molecule has 1 aliphatic heterocycles. The zero-order chi connectivity index (χ0) is 31.5. The van der Waals surface area contributed by atoms with Crippen LogP contribution < -0.4 is 4.90 Å². The molecule has 3 aromatic rings. The van der Waals surface area contributed by atoms with Crippen molar-refractivity contribution in [3.63, 3.8) is 0 Å². The Hall–Kier alpha value is -4.67. The molecule has 3 N–H and O–H groups in total. The van der Waals surface area contributed by atoms with Gasteiger partial charge in [0.1, 0.15) is 0 Å². The second-order valence-corrected chi connectivity index (χ2v) is 11.1. The number of aromatic hydroxyl groups is 1. The van der Waals surface area contributed by atoms with E-state index in [1.807, 2.05) is 37.3 Å². The van der Waals surface area contributed by atoms with Crippen molar-refractivity contribution in [3.8, 4) is 5.75 Å². The Morgan fingerprint density at radius 3 is 2.50 bits per heavy atom. The molecular formula is C34H33FN2O7. The average molecular weight is 601 g/mol.